The zero-order valence-corrected chi connectivity index (χ0v) is 17.0. The largest absolute Gasteiger partial charge is 0.495 e. The van der Waals surface area contributed by atoms with E-state index in [0.717, 1.165) is 31.6 Å². The van der Waals surface area contributed by atoms with E-state index < -0.39 is 0 Å². The van der Waals surface area contributed by atoms with Crippen LogP contribution in [0.2, 0.25) is 5.02 Å². The van der Waals surface area contributed by atoms with Gasteiger partial charge >= 0.3 is 0 Å². The summed E-state index contributed by atoms with van der Waals surface area (Å²) in [6.45, 7) is 3.64. The molecule has 0 spiro atoms. The maximum atomic E-state index is 12.2. The van der Waals surface area contributed by atoms with Crippen molar-refractivity contribution in [1.29, 1.82) is 0 Å². The lowest BCUT2D eigenvalue weighted by Crippen LogP contribution is -2.26. The molecule has 7 nitrogen and oxygen atoms in total. The lowest BCUT2D eigenvalue weighted by molar-refractivity contribution is -0.118. The normalized spacial score (nSPS) is 14.3. The quantitative estimate of drug-likeness (QED) is 0.788. The zero-order chi connectivity index (χ0) is 19.9. The van der Waals surface area contributed by atoms with E-state index in [9.17, 15) is 4.79 Å². The van der Waals surface area contributed by atoms with Gasteiger partial charge in [-0.2, -0.15) is 4.98 Å². The molecule has 1 amide bonds. The molecule has 0 atom stereocenters. The highest BCUT2D eigenvalue weighted by Gasteiger charge is 2.15. The second-order valence-electron chi connectivity index (χ2n) is 6.74. The second kappa shape index (κ2) is 9.59. The second-order valence-corrected chi connectivity index (χ2v) is 7.14. The topological polar surface area (TPSA) is 76.6 Å². The number of benzene rings is 1. The van der Waals surface area contributed by atoms with Crippen LogP contribution in [-0.2, 0) is 4.79 Å². The van der Waals surface area contributed by atoms with E-state index in [4.69, 9.17) is 21.1 Å². The van der Waals surface area contributed by atoms with Gasteiger partial charge in [0.15, 0.2) is 6.61 Å². The summed E-state index contributed by atoms with van der Waals surface area (Å²) in [5, 5.41) is 3.17. The van der Waals surface area contributed by atoms with Crippen molar-refractivity contribution in [3.63, 3.8) is 0 Å². The van der Waals surface area contributed by atoms with E-state index in [1.807, 2.05) is 6.92 Å². The molecule has 0 saturated carbocycles. The van der Waals surface area contributed by atoms with Crippen molar-refractivity contribution < 1.29 is 14.3 Å². The number of hydrogen-bond donors (Lipinski definition) is 1. The first-order valence-corrected chi connectivity index (χ1v) is 9.80. The van der Waals surface area contributed by atoms with Gasteiger partial charge in [-0.1, -0.05) is 24.4 Å². The van der Waals surface area contributed by atoms with Crippen LogP contribution in [0.3, 0.4) is 0 Å². The van der Waals surface area contributed by atoms with Crippen LogP contribution in [0.1, 0.15) is 31.4 Å². The molecule has 3 rings (SSSR count). The predicted molar refractivity (Wildman–Crippen MR) is 110 cm³/mol. The van der Waals surface area contributed by atoms with Gasteiger partial charge in [-0.05, 0) is 38.0 Å². The third-order valence-corrected chi connectivity index (χ3v) is 4.79. The molecule has 2 aromatic rings. The fourth-order valence-electron chi connectivity index (χ4n) is 3.09. The number of aryl methyl sites for hydroxylation is 1. The third-order valence-electron chi connectivity index (χ3n) is 4.49. The summed E-state index contributed by atoms with van der Waals surface area (Å²) in [6, 6.07) is 6.78. The summed E-state index contributed by atoms with van der Waals surface area (Å²) in [6.07, 6.45) is 4.75. The molecule has 2 heterocycles. The number of methoxy groups -OCH3 is 1. The molecule has 1 aromatic heterocycles. The van der Waals surface area contributed by atoms with Crippen LogP contribution in [0.4, 0.5) is 11.6 Å². The van der Waals surface area contributed by atoms with Crippen molar-refractivity contribution in [1.82, 2.24) is 9.97 Å². The summed E-state index contributed by atoms with van der Waals surface area (Å²) in [7, 11) is 1.54. The number of halogens is 1. The van der Waals surface area contributed by atoms with Crippen molar-refractivity contribution >= 4 is 29.1 Å². The van der Waals surface area contributed by atoms with E-state index in [1.54, 1.807) is 24.3 Å². The number of rotatable bonds is 6. The van der Waals surface area contributed by atoms with Gasteiger partial charge in [-0.15, -0.1) is 0 Å². The molecule has 1 aliphatic heterocycles. The van der Waals surface area contributed by atoms with Crippen LogP contribution in [0.15, 0.2) is 24.3 Å². The molecule has 1 N–H and O–H groups in total. The fourth-order valence-corrected chi connectivity index (χ4v) is 3.35. The Morgan fingerprint density at radius 1 is 1.18 bits per heavy atom. The minimum Gasteiger partial charge on any atom is -0.495 e. The Balaban J connectivity index is 1.60. The van der Waals surface area contributed by atoms with Crippen LogP contribution in [-0.4, -0.2) is 42.7 Å². The van der Waals surface area contributed by atoms with E-state index in [2.05, 4.69) is 20.2 Å². The highest BCUT2D eigenvalue weighted by Crippen LogP contribution is 2.27. The first-order chi connectivity index (χ1) is 13.5. The smallest absolute Gasteiger partial charge is 0.262 e. The summed E-state index contributed by atoms with van der Waals surface area (Å²) in [5.41, 5.74) is 1.38. The Morgan fingerprint density at radius 2 is 1.93 bits per heavy atom. The summed E-state index contributed by atoms with van der Waals surface area (Å²) < 4.78 is 10.7. The molecule has 1 saturated heterocycles. The van der Waals surface area contributed by atoms with Gasteiger partial charge in [0.05, 0.1) is 12.1 Å². The lowest BCUT2D eigenvalue weighted by atomic mass is 10.2. The number of nitrogens with zero attached hydrogens (tertiary/aromatic N) is 3. The number of hydrogen-bond acceptors (Lipinski definition) is 6. The molecule has 0 radical (unpaired) electrons. The molecular weight excluding hydrogens is 380 g/mol. The molecule has 28 heavy (non-hydrogen) atoms. The number of anilines is 2. The summed E-state index contributed by atoms with van der Waals surface area (Å²) >= 11 is 6.08. The Bertz CT molecular complexity index is 823. The molecule has 1 fully saturated rings. The number of aromatic nitrogens is 2. The van der Waals surface area contributed by atoms with Crippen LogP contribution >= 0.6 is 11.6 Å². The number of carbonyl (C=O) groups is 1. The van der Waals surface area contributed by atoms with Crippen LogP contribution in [0.5, 0.6) is 11.6 Å². The van der Waals surface area contributed by atoms with Gasteiger partial charge in [-0.3, -0.25) is 4.79 Å². The predicted octanol–water partition coefficient (Wildman–Crippen LogP) is 3.84. The molecule has 0 bridgehead atoms. The van der Waals surface area contributed by atoms with Crippen molar-refractivity contribution in [2.24, 2.45) is 0 Å². The highest BCUT2D eigenvalue weighted by molar-refractivity contribution is 6.32. The van der Waals surface area contributed by atoms with Crippen LogP contribution in [0.25, 0.3) is 0 Å². The van der Waals surface area contributed by atoms with E-state index in [-0.39, 0.29) is 12.5 Å². The Kier molecular flexibility index (Phi) is 6.92. The number of ether oxygens (including phenoxy) is 2. The van der Waals surface area contributed by atoms with Gasteiger partial charge in [-0.25, -0.2) is 4.98 Å². The highest BCUT2D eigenvalue weighted by atomic mass is 35.5. The van der Waals surface area contributed by atoms with Crippen LogP contribution in [0, 0.1) is 6.92 Å². The average Bonchev–Trinajstić information content (AvgIpc) is 2.96. The summed E-state index contributed by atoms with van der Waals surface area (Å²) in [4.78, 5) is 23.4. The first kappa shape index (κ1) is 20.2. The Labute approximate surface area is 170 Å². The monoisotopic (exact) mass is 404 g/mol. The van der Waals surface area contributed by atoms with E-state index in [1.165, 1.54) is 20.0 Å². The first-order valence-electron chi connectivity index (χ1n) is 9.42. The van der Waals surface area contributed by atoms with Crippen LogP contribution < -0.4 is 19.7 Å². The fraction of sp³-hybridized carbons (Fsp3) is 0.450. The number of nitrogens with one attached hydrogen (secondary N) is 1. The number of carbonyl (C=O) groups excluding carboxylic acids is 1. The molecule has 1 aliphatic rings. The summed E-state index contributed by atoms with van der Waals surface area (Å²) in [5.74, 6) is 1.32. The van der Waals surface area contributed by atoms with Gasteiger partial charge in [0, 0.05) is 30.5 Å². The minimum absolute atomic E-state index is 0.153. The Hall–Kier alpha value is -2.54. The lowest BCUT2D eigenvalue weighted by Gasteiger charge is -2.21. The van der Waals surface area contributed by atoms with E-state index >= 15 is 0 Å². The van der Waals surface area contributed by atoms with Gasteiger partial charge in [0.25, 0.3) is 5.91 Å². The van der Waals surface area contributed by atoms with E-state index in [0.29, 0.717) is 28.3 Å². The minimum atomic E-state index is -0.297. The van der Waals surface area contributed by atoms with Crippen molar-refractivity contribution in [3.05, 3.63) is 35.0 Å². The SMILES string of the molecule is COc1ccc(NC(=O)COc2cc(C)nc(N3CCCCCC3)n2)cc1Cl. The number of amides is 1. The maximum absolute atomic E-state index is 12.2. The molecular formula is C20H25ClN4O3. The molecule has 150 valence electrons. The molecule has 0 unspecified atom stereocenters. The van der Waals surface area contributed by atoms with Gasteiger partial charge in [0.1, 0.15) is 5.75 Å². The van der Waals surface area contributed by atoms with Gasteiger partial charge in [0.2, 0.25) is 11.8 Å². The molecule has 8 heteroatoms. The third kappa shape index (κ3) is 5.48. The van der Waals surface area contributed by atoms with Gasteiger partial charge < -0.3 is 19.7 Å². The molecule has 1 aromatic carbocycles. The van der Waals surface area contributed by atoms with Crippen molar-refractivity contribution in [2.75, 3.05) is 37.0 Å². The van der Waals surface area contributed by atoms with Crippen molar-refractivity contribution in [3.8, 4) is 11.6 Å². The maximum Gasteiger partial charge on any atom is 0.262 e. The standard InChI is InChI=1S/C20H25ClN4O3/c1-14-11-19(24-20(22-14)25-9-5-3-4-6-10-25)28-13-18(26)23-15-7-8-17(27-2)16(21)12-15/h7-8,11-12H,3-6,9-10,13H2,1-2H3,(H,23,26). The Morgan fingerprint density at radius 3 is 2.61 bits per heavy atom. The average molecular weight is 405 g/mol. The molecule has 0 aliphatic carbocycles. The van der Waals surface area contributed by atoms with Crippen molar-refractivity contribution in [2.45, 2.75) is 32.6 Å². The zero-order valence-electron chi connectivity index (χ0n) is 16.2.